The van der Waals surface area contributed by atoms with Crippen LogP contribution in [0.3, 0.4) is 0 Å². The van der Waals surface area contributed by atoms with Crippen molar-refractivity contribution in [3.8, 4) is 11.5 Å². The zero-order valence-corrected chi connectivity index (χ0v) is 43.4. The van der Waals surface area contributed by atoms with Gasteiger partial charge in [0.05, 0.1) is 24.8 Å². The molecule has 2 saturated heterocycles. The topological polar surface area (TPSA) is 202 Å². The molecule has 3 aliphatic heterocycles. The molecule has 3 amide bonds. The largest absolute Gasteiger partial charge is 0.494 e. The van der Waals surface area contributed by atoms with Gasteiger partial charge in [0.25, 0.3) is 11.5 Å². The average Bonchev–Trinajstić information content (AvgIpc) is 3.88. The fourth-order valence-electron chi connectivity index (χ4n) is 10.7. The Labute approximate surface area is 426 Å². The third-order valence-electron chi connectivity index (χ3n) is 15.0. The molecule has 2 aromatic carbocycles. The lowest BCUT2D eigenvalue weighted by atomic mass is 9.96. The summed E-state index contributed by atoms with van der Waals surface area (Å²) in [5, 5.41) is 22.3. The van der Waals surface area contributed by atoms with Gasteiger partial charge in [-0.15, -0.1) is 10.2 Å². The lowest BCUT2D eigenvalue weighted by Crippen LogP contribution is -2.49. The Morgan fingerprint density at radius 2 is 1.66 bits per heavy atom. The Morgan fingerprint density at radius 1 is 0.877 bits per heavy atom. The summed E-state index contributed by atoms with van der Waals surface area (Å²) in [6.45, 7) is 14.1. The molecular weight excluding hydrogens is 925 g/mol. The normalized spacial score (nSPS) is 18.2. The van der Waals surface area contributed by atoms with Crippen LogP contribution in [0.1, 0.15) is 93.2 Å². The van der Waals surface area contributed by atoms with Crippen LogP contribution in [0.2, 0.25) is 0 Å². The Kier molecular flexibility index (Phi) is 15.1. The number of carbonyl (C=O) groups is 3. The molecule has 2 unspecified atom stereocenters. The SMILES string of the molecule is CNC(=O)COc1cc2cc(Nc3cc(N4CCC(C(=O)NCCN5CCCCC5CNC(=O)CC5N=C(c6ccc(C)cc6)C6=C(CC(C)=C6C)n6c(C)nnc65)CC4)ncc3C)cc(OC)c2n(C)c1=O. The molecule has 0 saturated carbocycles. The van der Waals surface area contributed by atoms with Crippen LogP contribution in [0.5, 0.6) is 11.5 Å². The molecule has 18 heteroatoms. The van der Waals surface area contributed by atoms with Crippen molar-refractivity contribution in [1.82, 2.24) is 45.2 Å². The minimum absolute atomic E-state index is 0.0584. The molecule has 18 nitrogen and oxygen atoms in total. The number of aliphatic imine (C=N–C) groups is 1. The number of fused-ring (bicyclic) bond motifs is 3. The quantitative estimate of drug-likeness (QED) is 0.0872. The van der Waals surface area contributed by atoms with Crippen molar-refractivity contribution in [2.24, 2.45) is 18.0 Å². The summed E-state index contributed by atoms with van der Waals surface area (Å²) < 4.78 is 14.9. The van der Waals surface area contributed by atoms with Crippen LogP contribution in [0.25, 0.3) is 16.6 Å². The molecule has 2 atom stereocenters. The van der Waals surface area contributed by atoms with E-state index in [9.17, 15) is 19.2 Å². The minimum atomic E-state index is -0.504. The highest BCUT2D eigenvalue weighted by molar-refractivity contribution is 6.19. The van der Waals surface area contributed by atoms with Crippen LogP contribution in [0.4, 0.5) is 17.2 Å². The highest BCUT2D eigenvalue weighted by Gasteiger charge is 2.35. The number of aromatic nitrogens is 5. The number of amides is 3. The third-order valence-corrected chi connectivity index (χ3v) is 15.0. The number of anilines is 3. The number of pyridine rings is 2. The Balaban J connectivity index is 0.779. The van der Waals surface area contributed by atoms with Gasteiger partial charge in [-0.25, -0.2) is 4.98 Å². The molecule has 1 aliphatic carbocycles. The second kappa shape index (κ2) is 21.8. The monoisotopic (exact) mass is 993 g/mol. The van der Waals surface area contributed by atoms with Gasteiger partial charge in [0.15, 0.2) is 18.2 Å². The molecule has 9 rings (SSSR count). The van der Waals surface area contributed by atoms with E-state index in [-0.39, 0.29) is 54.0 Å². The fraction of sp³-hybridized carbons (Fsp3) is 0.455. The van der Waals surface area contributed by atoms with Crippen LogP contribution in [0, 0.1) is 26.7 Å². The van der Waals surface area contributed by atoms with E-state index in [0.29, 0.717) is 68.0 Å². The Hall–Kier alpha value is -7.34. The van der Waals surface area contributed by atoms with Crippen molar-refractivity contribution in [2.75, 3.05) is 70.2 Å². The summed E-state index contributed by atoms with van der Waals surface area (Å²) in [6.07, 6.45) is 7.33. The number of nitrogens with zero attached hydrogens (tertiary/aromatic N) is 8. The number of piperidine rings is 2. The molecule has 384 valence electrons. The second-order valence-electron chi connectivity index (χ2n) is 19.9. The molecule has 0 spiro atoms. The number of hydrogen-bond donors (Lipinski definition) is 4. The first kappa shape index (κ1) is 50.6. The van der Waals surface area contributed by atoms with E-state index in [1.54, 1.807) is 20.2 Å². The van der Waals surface area contributed by atoms with E-state index in [0.717, 1.165) is 83.4 Å². The maximum Gasteiger partial charge on any atom is 0.293 e. The first-order chi connectivity index (χ1) is 35.2. The van der Waals surface area contributed by atoms with Crippen molar-refractivity contribution in [1.29, 1.82) is 0 Å². The summed E-state index contributed by atoms with van der Waals surface area (Å²) in [4.78, 5) is 67.2. The highest BCUT2D eigenvalue weighted by Crippen LogP contribution is 2.42. The van der Waals surface area contributed by atoms with Gasteiger partial charge in [-0.2, -0.15) is 0 Å². The first-order valence-electron chi connectivity index (χ1n) is 25.5. The molecule has 4 N–H and O–H groups in total. The van der Waals surface area contributed by atoms with E-state index in [1.165, 1.54) is 28.3 Å². The molecule has 73 heavy (non-hydrogen) atoms. The molecule has 0 radical (unpaired) electrons. The summed E-state index contributed by atoms with van der Waals surface area (Å²) in [5.74, 6) is 2.41. The number of hydrogen-bond acceptors (Lipinski definition) is 13. The van der Waals surface area contributed by atoms with Crippen molar-refractivity contribution in [3.63, 3.8) is 0 Å². The predicted octanol–water partition coefficient (Wildman–Crippen LogP) is 6.22. The smallest absolute Gasteiger partial charge is 0.293 e. The van der Waals surface area contributed by atoms with Gasteiger partial charge in [0, 0.05) is 117 Å². The summed E-state index contributed by atoms with van der Waals surface area (Å²) >= 11 is 0. The van der Waals surface area contributed by atoms with Gasteiger partial charge in [0.2, 0.25) is 11.8 Å². The number of ether oxygens (including phenoxy) is 2. The van der Waals surface area contributed by atoms with Crippen LogP contribution in [-0.2, 0) is 21.4 Å². The summed E-state index contributed by atoms with van der Waals surface area (Å²) in [7, 11) is 4.71. The van der Waals surface area contributed by atoms with Crippen molar-refractivity contribution >= 4 is 57.2 Å². The molecule has 4 aliphatic rings. The number of allylic oxidation sites excluding steroid dienone is 4. The Bertz CT molecular complexity index is 3090. The third kappa shape index (κ3) is 10.8. The van der Waals surface area contributed by atoms with Crippen molar-refractivity contribution in [2.45, 2.75) is 91.6 Å². The van der Waals surface area contributed by atoms with Gasteiger partial charge in [-0.05, 0) is 90.1 Å². The number of methoxy groups -OCH3 is 1. The number of nitrogens with one attached hydrogen (secondary N) is 4. The maximum absolute atomic E-state index is 13.9. The van der Waals surface area contributed by atoms with E-state index in [2.05, 4.69) is 90.9 Å². The predicted molar refractivity (Wildman–Crippen MR) is 284 cm³/mol. The zero-order valence-electron chi connectivity index (χ0n) is 43.4. The van der Waals surface area contributed by atoms with Gasteiger partial charge in [0.1, 0.15) is 23.4 Å². The van der Waals surface area contributed by atoms with E-state index < -0.39 is 6.04 Å². The van der Waals surface area contributed by atoms with Crippen LogP contribution in [-0.4, -0.2) is 119 Å². The molecule has 0 bridgehead atoms. The van der Waals surface area contributed by atoms with Gasteiger partial charge in [-0.3, -0.25) is 33.6 Å². The van der Waals surface area contributed by atoms with Crippen LogP contribution >= 0.6 is 0 Å². The second-order valence-corrected chi connectivity index (χ2v) is 19.9. The lowest BCUT2D eigenvalue weighted by molar-refractivity contribution is -0.125. The molecular formula is C55H68N12O6. The molecule has 3 aromatic heterocycles. The number of aryl methyl sites for hydroxylation is 4. The molecule has 2 fully saturated rings. The summed E-state index contributed by atoms with van der Waals surface area (Å²) in [5.41, 5.74) is 10.6. The van der Waals surface area contributed by atoms with Crippen molar-refractivity contribution < 1.29 is 23.9 Å². The van der Waals surface area contributed by atoms with Crippen LogP contribution < -0.4 is 41.2 Å². The lowest BCUT2D eigenvalue weighted by Gasteiger charge is -2.36. The molecule has 6 heterocycles. The number of likely N-dealkylation sites (tertiary alicyclic amines) is 1. The van der Waals surface area contributed by atoms with Gasteiger partial charge < -0.3 is 40.2 Å². The van der Waals surface area contributed by atoms with Crippen LogP contribution in [0.15, 0.2) is 81.2 Å². The fourth-order valence-corrected chi connectivity index (χ4v) is 10.7. The standard InChI is InChI=1S/C55H68N12O6/c1-32-12-14-37(15-13-32)51-50-35(4)33(2)23-44(50)67-36(5)62-63-53(67)43(61-51)28-48(68)59-30-41-11-9-10-19-65(41)22-18-57-54(70)38-16-20-66(21-17-38)47-27-42(34(3)29-58-47)60-40-24-39-25-46(73-31-49(69)56-6)55(71)64(7)52(39)45(26-40)72-8/h12-15,24-27,29,38,41,43H,9-11,16-23,28,30-31H2,1-8H3,(H,56,69)(H,57,70)(H,58,60)(H,59,68). The number of likely N-dealkylation sites (N-methyl/N-ethyl adjacent to an activating group) is 1. The first-order valence-corrected chi connectivity index (χ1v) is 25.5. The number of rotatable bonds is 16. The van der Waals surface area contributed by atoms with E-state index in [4.69, 9.17) is 19.5 Å². The average molecular weight is 993 g/mol. The van der Waals surface area contributed by atoms with Gasteiger partial charge >= 0.3 is 0 Å². The van der Waals surface area contributed by atoms with E-state index in [1.807, 2.05) is 38.2 Å². The highest BCUT2D eigenvalue weighted by atomic mass is 16.5. The maximum atomic E-state index is 13.9. The number of carbonyl (C=O) groups excluding carboxylic acids is 3. The summed E-state index contributed by atoms with van der Waals surface area (Å²) in [6, 6.07) is 15.5. The molecule has 5 aromatic rings. The Morgan fingerprint density at radius 3 is 2.41 bits per heavy atom. The van der Waals surface area contributed by atoms with E-state index >= 15 is 0 Å². The zero-order chi connectivity index (χ0) is 51.5. The van der Waals surface area contributed by atoms with Gasteiger partial charge in [-0.1, -0.05) is 41.8 Å². The minimum Gasteiger partial charge on any atom is -0.494 e. The van der Waals surface area contributed by atoms with Crippen molar-refractivity contribution in [3.05, 3.63) is 110 Å². The number of benzene rings is 2.